The molecule has 0 saturated carbocycles. The minimum absolute atomic E-state index is 0.0861. The summed E-state index contributed by atoms with van der Waals surface area (Å²) < 4.78 is 32.2. The summed E-state index contributed by atoms with van der Waals surface area (Å²) in [7, 11) is 3.43. The maximum Gasteiger partial charge on any atom is 0.487 e. The molecule has 11 heteroatoms. The number of rotatable bonds is 8. The van der Waals surface area contributed by atoms with Crippen LogP contribution in [-0.2, 0) is 25.3 Å². The van der Waals surface area contributed by atoms with Crippen molar-refractivity contribution in [2.45, 2.75) is 116 Å². The van der Waals surface area contributed by atoms with Crippen molar-refractivity contribution < 1.29 is 28.3 Å². The van der Waals surface area contributed by atoms with Gasteiger partial charge >= 0.3 is 13.2 Å². The molecule has 3 aliphatic rings. The van der Waals surface area contributed by atoms with Gasteiger partial charge in [-0.15, -0.1) is 0 Å². The van der Waals surface area contributed by atoms with Crippen LogP contribution in [0, 0.1) is 0 Å². The molecule has 1 aromatic heterocycles. The van der Waals surface area contributed by atoms with Gasteiger partial charge < -0.3 is 28.4 Å². The van der Waals surface area contributed by atoms with E-state index in [9.17, 15) is 4.79 Å². The van der Waals surface area contributed by atoms with Crippen molar-refractivity contribution in [3.8, 4) is 16.9 Å². The monoisotopic (exact) mass is 686 g/mol. The second-order valence-electron chi connectivity index (χ2n) is 16.0. The van der Waals surface area contributed by atoms with Gasteiger partial charge in [-0.3, -0.25) is 4.90 Å². The third kappa shape index (κ3) is 7.91. The van der Waals surface area contributed by atoms with Crippen LogP contribution in [0.3, 0.4) is 0 Å². The van der Waals surface area contributed by atoms with Crippen LogP contribution in [-0.4, -0.2) is 89.5 Å². The van der Waals surface area contributed by atoms with E-state index < -0.39 is 23.9 Å². The molecule has 50 heavy (non-hydrogen) atoms. The van der Waals surface area contributed by atoms with Gasteiger partial charge in [-0.25, -0.2) is 9.48 Å². The largest absolute Gasteiger partial charge is 0.496 e. The van der Waals surface area contributed by atoms with Crippen LogP contribution in [0.5, 0.6) is 5.75 Å². The van der Waals surface area contributed by atoms with Gasteiger partial charge in [0.1, 0.15) is 11.4 Å². The van der Waals surface area contributed by atoms with E-state index in [1.54, 1.807) is 7.11 Å². The summed E-state index contributed by atoms with van der Waals surface area (Å²) in [5.74, 6) is 2.82. The highest BCUT2D eigenvalue weighted by molar-refractivity contribution is 6.52. The summed E-state index contributed by atoms with van der Waals surface area (Å²) in [5, 5.41) is 6.12. The van der Waals surface area contributed by atoms with Crippen LogP contribution in [0.1, 0.15) is 98.1 Å². The molecule has 1 amide bonds. The number of piperidine rings is 1. The fraction of sp³-hybridized carbons (Fsp3) is 0.590. The van der Waals surface area contributed by atoms with Gasteiger partial charge in [0.2, 0.25) is 0 Å². The Morgan fingerprint density at radius 3 is 2.34 bits per heavy atom. The Hall–Kier alpha value is -3.38. The standard InChI is InChI=1S/C39H55BN4O6/c1-37(2,3)48-36(45)43-21-18-30(19-22-43)42(8)26-29-14-13-28(25-34(29)46-9)27-15-16-33-31(24-27)32(41-44(33)35-12-10-11-23-47-35)17-20-40-49-38(4,5)39(6,7)50-40/h13-17,20,24-25,30,35H,10-12,18-19,21-23,26H2,1-9H3/b20-17+. The Balaban J connectivity index is 1.21. The van der Waals surface area contributed by atoms with Gasteiger partial charge in [-0.1, -0.05) is 24.2 Å². The molecule has 3 aliphatic heterocycles. The van der Waals surface area contributed by atoms with Gasteiger partial charge in [0.25, 0.3) is 0 Å². The van der Waals surface area contributed by atoms with Gasteiger partial charge in [-0.2, -0.15) is 5.10 Å². The Bertz CT molecular complexity index is 1680. The molecule has 10 nitrogen and oxygen atoms in total. The van der Waals surface area contributed by atoms with Gasteiger partial charge in [0.15, 0.2) is 6.23 Å². The third-order valence-corrected chi connectivity index (χ3v) is 10.6. The van der Waals surface area contributed by atoms with Crippen molar-refractivity contribution in [3.63, 3.8) is 0 Å². The lowest BCUT2D eigenvalue weighted by molar-refractivity contribution is -0.0367. The fourth-order valence-corrected chi connectivity index (χ4v) is 7.01. The summed E-state index contributed by atoms with van der Waals surface area (Å²) in [6.07, 6.45) is 6.65. The van der Waals surface area contributed by atoms with Crippen molar-refractivity contribution in [2.75, 3.05) is 33.9 Å². The maximum atomic E-state index is 12.6. The van der Waals surface area contributed by atoms with E-state index in [0.717, 1.165) is 84.3 Å². The van der Waals surface area contributed by atoms with Crippen molar-refractivity contribution in [3.05, 3.63) is 53.6 Å². The number of carbonyl (C=O) groups excluding carboxylic acids is 1. The number of ether oxygens (including phenoxy) is 3. The molecule has 1 atom stereocenters. The number of fused-ring (bicyclic) bond motifs is 1. The molecular weight excluding hydrogens is 631 g/mol. The van der Waals surface area contributed by atoms with E-state index in [4.69, 9.17) is 28.6 Å². The van der Waals surface area contributed by atoms with E-state index >= 15 is 0 Å². The Morgan fingerprint density at radius 1 is 1.02 bits per heavy atom. The number of benzene rings is 2. The number of carbonyl (C=O) groups is 1. The van der Waals surface area contributed by atoms with Crippen molar-refractivity contribution >= 4 is 30.2 Å². The average molecular weight is 687 g/mol. The normalized spacial score (nSPS) is 21.4. The summed E-state index contributed by atoms with van der Waals surface area (Å²) in [4.78, 5) is 16.8. The fourth-order valence-electron chi connectivity index (χ4n) is 7.01. The first kappa shape index (κ1) is 36.4. The number of amides is 1. The lowest BCUT2D eigenvalue weighted by Crippen LogP contribution is -2.46. The highest BCUT2D eigenvalue weighted by Crippen LogP contribution is 2.38. The number of likely N-dealkylation sites (tertiary alicyclic amines) is 1. The molecule has 0 radical (unpaired) electrons. The predicted molar refractivity (Wildman–Crippen MR) is 198 cm³/mol. The average Bonchev–Trinajstić information content (AvgIpc) is 3.54. The molecule has 1 unspecified atom stereocenters. The van der Waals surface area contributed by atoms with E-state index in [0.29, 0.717) is 19.1 Å². The molecule has 3 aromatic rings. The molecule has 0 spiro atoms. The van der Waals surface area contributed by atoms with Crippen molar-refractivity contribution in [2.24, 2.45) is 0 Å². The van der Waals surface area contributed by atoms with Crippen LogP contribution in [0.25, 0.3) is 28.1 Å². The molecule has 3 saturated heterocycles. The van der Waals surface area contributed by atoms with Gasteiger partial charge in [0.05, 0.1) is 29.5 Å². The highest BCUT2D eigenvalue weighted by atomic mass is 16.7. The lowest BCUT2D eigenvalue weighted by atomic mass is 9.89. The molecule has 0 bridgehead atoms. The Morgan fingerprint density at radius 2 is 1.70 bits per heavy atom. The summed E-state index contributed by atoms with van der Waals surface area (Å²) in [6.45, 7) is 16.9. The zero-order valence-electron chi connectivity index (χ0n) is 31.5. The SMILES string of the molecule is COc1cc(-c2ccc3c(c2)c(/C=C/B2OC(C)(C)C(C)(C)O2)nn3C2CCCCO2)ccc1CN(C)C1CCN(C(=O)OC(C)(C)C)CC1. The van der Waals surface area contributed by atoms with Crippen LogP contribution in [0.15, 0.2) is 42.4 Å². The van der Waals surface area contributed by atoms with Crippen LogP contribution < -0.4 is 4.74 Å². The topological polar surface area (TPSA) is 87.5 Å². The van der Waals surface area contributed by atoms with Gasteiger partial charge in [-0.05, 0) is 123 Å². The van der Waals surface area contributed by atoms with Crippen LogP contribution in [0.2, 0.25) is 0 Å². The number of nitrogens with zero attached hydrogens (tertiary/aromatic N) is 4. The summed E-state index contributed by atoms with van der Waals surface area (Å²) in [6, 6.07) is 13.4. The van der Waals surface area contributed by atoms with E-state index in [1.807, 2.05) is 42.4 Å². The van der Waals surface area contributed by atoms with E-state index in [2.05, 4.69) is 76.0 Å². The zero-order chi connectivity index (χ0) is 35.8. The van der Waals surface area contributed by atoms with Gasteiger partial charge in [0, 0.05) is 43.2 Å². The minimum atomic E-state index is -0.487. The molecule has 4 heterocycles. The Kier molecular flexibility index (Phi) is 10.4. The van der Waals surface area contributed by atoms with Crippen molar-refractivity contribution in [1.29, 1.82) is 0 Å². The van der Waals surface area contributed by atoms with Crippen LogP contribution >= 0.6 is 0 Å². The minimum Gasteiger partial charge on any atom is -0.496 e. The summed E-state index contributed by atoms with van der Waals surface area (Å²) in [5.41, 5.74) is 3.87. The smallest absolute Gasteiger partial charge is 0.487 e. The first-order valence-electron chi connectivity index (χ1n) is 18.2. The lowest BCUT2D eigenvalue weighted by Gasteiger charge is -2.37. The number of methoxy groups -OCH3 is 1. The Labute approximate surface area is 298 Å². The number of hydrogen-bond donors (Lipinski definition) is 0. The third-order valence-electron chi connectivity index (χ3n) is 10.6. The molecule has 0 N–H and O–H groups in total. The van der Waals surface area contributed by atoms with Crippen molar-refractivity contribution in [1.82, 2.24) is 19.6 Å². The van der Waals surface area contributed by atoms with E-state index in [-0.39, 0.29) is 12.3 Å². The second-order valence-corrected chi connectivity index (χ2v) is 16.0. The first-order valence-corrected chi connectivity index (χ1v) is 18.2. The van der Waals surface area contributed by atoms with E-state index in [1.165, 1.54) is 0 Å². The molecule has 2 aromatic carbocycles. The second kappa shape index (κ2) is 14.3. The quantitative estimate of drug-likeness (QED) is 0.221. The number of aromatic nitrogens is 2. The molecule has 270 valence electrons. The predicted octanol–water partition coefficient (Wildman–Crippen LogP) is 7.89. The van der Waals surface area contributed by atoms with Crippen LogP contribution in [0.4, 0.5) is 4.79 Å². The first-order chi connectivity index (χ1) is 23.6. The summed E-state index contributed by atoms with van der Waals surface area (Å²) >= 11 is 0. The highest BCUT2D eigenvalue weighted by Gasteiger charge is 2.50. The zero-order valence-corrected chi connectivity index (χ0v) is 31.5. The molecule has 3 fully saturated rings. The molecule has 6 rings (SSSR count). The number of hydrogen-bond acceptors (Lipinski definition) is 8. The molecule has 0 aliphatic carbocycles. The maximum absolute atomic E-state index is 12.6. The molecular formula is C39H55BN4O6.